The predicted octanol–water partition coefficient (Wildman–Crippen LogP) is 1.92. The largest absolute Gasteiger partial charge is 0.357 e. The molecular formula is C11H15N5S. The predicted molar refractivity (Wildman–Crippen MR) is 70.5 cm³/mol. The molecule has 0 atom stereocenters. The van der Waals surface area contributed by atoms with Crippen molar-refractivity contribution in [1.29, 1.82) is 0 Å². The van der Waals surface area contributed by atoms with Crippen LogP contribution in [0.25, 0.3) is 0 Å². The molecule has 2 aromatic rings. The van der Waals surface area contributed by atoms with Crippen LogP contribution in [0.3, 0.4) is 0 Å². The lowest BCUT2D eigenvalue weighted by Gasteiger charge is -2.19. The first-order valence-electron chi connectivity index (χ1n) is 5.30. The maximum atomic E-state index is 4.45. The van der Waals surface area contributed by atoms with Gasteiger partial charge < -0.3 is 10.2 Å². The van der Waals surface area contributed by atoms with Gasteiger partial charge in [-0.1, -0.05) is 0 Å². The minimum absolute atomic E-state index is 0.635. The van der Waals surface area contributed by atoms with Gasteiger partial charge in [-0.3, -0.25) is 0 Å². The van der Waals surface area contributed by atoms with Crippen LogP contribution in [0.4, 0.5) is 11.8 Å². The molecule has 0 aliphatic heterocycles. The molecule has 0 saturated carbocycles. The molecule has 0 aliphatic carbocycles. The summed E-state index contributed by atoms with van der Waals surface area (Å²) in [5.74, 6) is 1.56. The van der Waals surface area contributed by atoms with Gasteiger partial charge in [0.05, 0.1) is 17.7 Å². The molecule has 2 rings (SSSR count). The van der Waals surface area contributed by atoms with Crippen LogP contribution in [-0.2, 0) is 6.54 Å². The molecule has 0 aliphatic rings. The van der Waals surface area contributed by atoms with E-state index in [0.717, 1.165) is 23.6 Å². The molecule has 17 heavy (non-hydrogen) atoms. The molecule has 1 N–H and O–H groups in total. The smallest absolute Gasteiger partial charge is 0.224 e. The lowest BCUT2D eigenvalue weighted by atomic mass is 10.3. The Kier molecular flexibility index (Phi) is 3.53. The first kappa shape index (κ1) is 11.8. The highest BCUT2D eigenvalue weighted by Crippen LogP contribution is 2.18. The lowest BCUT2D eigenvalue weighted by molar-refractivity contribution is 0.862. The van der Waals surface area contributed by atoms with E-state index in [1.807, 2.05) is 38.1 Å². The van der Waals surface area contributed by atoms with Crippen molar-refractivity contribution in [2.24, 2.45) is 0 Å². The molecular weight excluding hydrogens is 234 g/mol. The Balaban J connectivity index is 2.20. The van der Waals surface area contributed by atoms with Crippen molar-refractivity contribution in [3.63, 3.8) is 0 Å². The molecule has 90 valence electrons. The second-order valence-electron chi connectivity index (χ2n) is 3.79. The van der Waals surface area contributed by atoms with Crippen molar-refractivity contribution in [3.8, 4) is 0 Å². The molecule has 0 aromatic carbocycles. The van der Waals surface area contributed by atoms with Crippen molar-refractivity contribution in [1.82, 2.24) is 15.0 Å². The van der Waals surface area contributed by atoms with E-state index in [9.17, 15) is 0 Å². The van der Waals surface area contributed by atoms with Gasteiger partial charge in [-0.05, 0) is 6.92 Å². The molecule has 0 radical (unpaired) electrons. The fraction of sp³-hybridized carbons (Fsp3) is 0.364. The van der Waals surface area contributed by atoms with Crippen molar-refractivity contribution >= 4 is 23.1 Å². The molecule has 0 fully saturated rings. The van der Waals surface area contributed by atoms with Gasteiger partial charge in [0.25, 0.3) is 0 Å². The number of thiazole rings is 1. The maximum Gasteiger partial charge on any atom is 0.224 e. The third-order valence-corrected chi connectivity index (χ3v) is 3.05. The van der Waals surface area contributed by atoms with Crippen LogP contribution >= 0.6 is 11.3 Å². The van der Waals surface area contributed by atoms with Crippen LogP contribution in [0.15, 0.2) is 17.1 Å². The Bertz CT molecular complexity index is 483. The first-order valence-corrected chi connectivity index (χ1v) is 6.24. The monoisotopic (exact) mass is 249 g/mol. The number of aromatic nitrogens is 3. The normalized spacial score (nSPS) is 10.3. The summed E-state index contributed by atoms with van der Waals surface area (Å²) >= 11 is 1.61. The summed E-state index contributed by atoms with van der Waals surface area (Å²) in [6, 6.07) is 0. The molecule has 2 aromatic heterocycles. The zero-order chi connectivity index (χ0) is 12.3. The van der Waals surface area contributed by atoms with Gasteiger partial charge in [0.2, 0.25) is 5.95 Å². The van der Waals surface area contributed by atoms with Gasteiger partial charge in [-0.15, -0.1) is 11.3 Å². The minimum Gasteiger partial charge on any atom is -0.357 e. The topological polar surface area (TPSA) is 53.9 Å². The molecule has 0 unspecified atom stereocenters. The third kappa shape index (κ3) is 2.71. The highest BCUT2D eigenvalue weighted by Gasteiger charge is 2.09. The number of anilines is 2. The Morgan fingerprint density at radius 3 is 2.88 bits per heavy atom. The number of nitrogens with zero attached hydrogens (tertiary/aromatic N) is 4. The van der Waals surface area contributed by atoms with E-state index >= 15 is 0 Å². The summed E-state index contributed by atoms with van der Waals surface area (Å²) in [7, 11) is 3.82. The third-order valence-electron chi connectivity index (χ3n) is 2.41. The first-order chi connectivity index (χ1) is 8.20. The van der Waals surface area contributed by atoms with E-state index in [0.29, 0.717) is 5.95 Å². The average molecular weight is 249 g/mol. The van der Waals surface area contributed by atoms with Gasteiger partial charge in [0.15, 0.2) is 0 Å². The molecule has 0 amide bonds. The van der Waals surface area contributed by atoms with Gasteiger partial charge in [-0.25, -0.2) is 9.97 Å². The Morgan fingerprint density at radius 2 is 2.24 bits per heavy atom. The van der Waals surface area contributed by atoms with Gasteiger partial charge in [-0.2, -0.15) is 4.98 Å². The number of aryl methyl sites for hydroxylation is 1. The van der Waals surface area contributed by atoms with E-state index in [-0.39, 0.29) is 0 Å². The Labute approximate surface area is 105 Å². The fourth-order valence-corrected chi connectivity index (χ4v) is 2.12. The van der Waals surface area contributed by atoms with E-state index in [1.54, 1.807) is 11.3 Å². The fourth-order valence-electron chi connectivity index (χ4n) is 1.57. The SMILES string of the molecule is CNc1ncc(C)c(N(C)Cc2cscn2)n1. The summed E-state index contributed by atoms with van der Waals surface area (Å²) in [6.45, 7) is 2.76. The average Bonchev–Trinajstić information content (AvgIpc) is 2.82. The summed E-state index contributed by atoms with van der Waals surface area (Å²) < 4.78 is 0. The highest BCUT2D eigenvalue weighted by molar-refractivity contribution is 7.07. The van der Waals surface area contributed by atoms with Crippen LogP contribution < -0.4 is 10.2 Å². The van der Waals surface area contributed by atoms with Crippen molar-refractivity contribution < 1.29 is 0 Å². The van der Waals surface area contributed by atoms with Crippen LogP contribution in [0.2, 0.25) is 0 Å². The molecule has 6 heteroatoms. The van der Waals surface area contributed by atoms with E-state index < -0.39 is 0 Å². The van der Waals surface area contributed by atoms with E-state index in [4.69, 9.17) is 0 Å². The zero-order valence-electron chi connectivity index (χ0n) is 10.1. The Morgan fingerprint density at radius 1 is 1.41 bits per heavy atom. The second-order valence-corrected chi connectivity index (χ2v) is 4.50. The summed E-state index contributed by atoms with van der Waals surface area (Å²) in [6.07, 6.45) is 1.83. The highest BCUT2D eigenvalue weighted by atomic mass is 32.1. The quantitative estimate of drug-likeness (QED) is 0.897. The number of rotatable bonds is 4. The van der Waals surface area contributed by atoms with Crippen LogP contribution in [0.1, 0.15) is 11.3 Å². The standard InChI is InChI=1S/C11H15N5S/c1-8-4-13-11(12-2)15-10(8)16(3)5-9-6-17-7-14-9/h4,6-7H,5H2,1-3H3,(H,12,13,15). The van der Waals surface area contributed by atoms with Crippen LogP contribution in [0, 0.1) is 6.92 Å². The minimum atomic E-state index is 0.635. The van der Waals surface area contributed by atoms with Crippen molar-refractivity contribution in [2.45, 2.75) is 13.5 Å². The number of hydrogen-bond donors (Lipinski definition) is 1. The van der Waals surface area contributed by atoms with Crippen molar-refractivity contribution in [2.75, 3.05) is 24.3 Å². The molecule has 0 spiro atoms. The van der Waals surface area contributed by atoms with Gasteiger partial charge >= 0.3 is 0 Å². The number of nitrogens with one attached hydrogen (secondary N) is 1. The van der Waals surface area contributed by atoms with Gasteiger partial charge in [0, 0.05) is 31.2 Å². The summed E-state index contributed by atoms with van der Waals surface area (Å²) in [4.78, 5) is 15.0. The molecule has 5 nitrogen and oxygen atoms in total. The van der Waals surface area contributed by atoms with Gasteiger partial charge in [0.1, 0.15) is 5.82 Å². The zero-order valence-corrected chi connectivity index (χ0v) is 11.0. The molecule has 2 heterocycles. The lowest BCUT2D eigenvalue weighted by Crippen LogP contribution is -2.19. The van der Waals surface area contributed by atoms with Crippen molar-refractivity contribution in [3.05, 3.63) is 28.3 Å². The molecule has 0 bridgehead atoms. The van der Waals surface area contributed by atoms with Crippen LogP contribution in [0.5, 0.6) is 0 Å². The second kappa shape index (κ2) is 5.09. The van der Waals surface area contributed by atoms with Crippen LogP contribution in [-0.4, -0.2) is 29.0 Å². The molecule has 0 saturated heterocycles. The summed E-state index contributed by atoms with van der Waals surface area (Å²) in [5, 5.41) is 4.99. The van der Waals surface area contributed by atoms with E-state index in [2.05, 4.69) is 25.2 Å². The number of hydrogen-bond acceptors (Lipinski definition) is 6. The summed E-state index contributed by atoms with van der Waals surface area (Å²) in [5.41, 5.74) is 3.96. The Hall–Kier alpha value is -1.69. The maximum absolute atomic E-state index is 4.45. The van der Waals surface area contributed by atoms with E-state index in [1.165, 1.54) is 0 Å².